The normalized spacial score (nSPS) is 11.1. The van der Waals surface area contributed by atoms with E-state index >= 15 is 0 Å². The van der Waals surface area contributed by atoms with Crippen LogP contribution in [-0.4, -0.2) is 21.8 Å². The number of alkyl halides is 3. The predicted octanol–water partition coefficient (Wildman–Crippen LogP) is 6.36. The van der Waals surface area contributed by atoms with Crippen molar-refractivity contribution in [1.82, 2.24) is 9.97 Å². The van der Waals surface area contributed by atoms with Crippen LogP contribution in [0.15, 0.2) is 79.1 Å². The van der Waals surface area contributed by atoms with E-state index in [2.05, 4.69) is 25.9 Å². The number of para-hydroxylation sites is 1. The van der Waals surface area contributed by atoms with Crippen LogP contribution in [0.25, 0.3) is 0 Å². The number of aryl methyl sites for hydroxylation is 1. The molecule has 0 aliphatic heterocycles. The second-order valence-corrected chi connectivity index (χ2v) is 8.20. The van der Waals surface area contributed by atoms with Crippen molar-refractivity contribution in [3.8, 4) is 0 Å². The first-order valence-corrected chi connectivity index (χ1v) is 11.2. The highest BCUT2D eigenvalue weighted by Crippen LogP contribution is 2.33. The molecule has 0 saturated carbocycles. The van der Waals surface area contributed by atoms with Crippen LogP contribution < -0.4 is 16.0 Å². The summed E-state index contributed by atoms with van der Waals surface area (Å²) in [6.07, 6.45) is -1.67. The van der Waals surface area contributed by atoms with Gasteiger partial charge >= 0.3 is 6.18 Å². The molecule has 4 aromatic rings. The summed E-state index contributed by atoms with van der Waals surface area (Å²) in [5, 5.41) is 8.32. The molecule has 0 aliphatic carbocycles. The number of amides is 2. The lowest BCUT2D eigenvalue weighted by molar-refractivity contribution is -0.138. The van der Waals surface area contributed by atoms with Crippen LogP contribution in [0.4, 0.5) is 36.2 Å². The number of carbonyl (C=O) groups excluding carboxylic acids is 2. The molecule has 1 heterocycles. The minimum atomic E-state index is -4.57. The summed E-state index contributed by atoms with van der Waals surface area (Å²) in [7, 11) is 0. The SMILES string of the molecule is Cc1ccc(NC(=O)c2cccc(C(F)(F)F)c2C)cc1C(=O)Nc1cnc(Nc2ccccc2)nc1. The van der Waals surface area contributed by atoms with Gasteiger partial charge in [-0.3, -0.25) is 9.59 Å². The fourth-order valence-corrected chi connectivity index (χ4v) is 3.64. The van der Waals surface area contributed by atoms with Gasteiger partial charge in [-0.1, -0.05) is 30.3 Å². The number of carbonyl (C=O) groups is 2. The van der Waals surface area contributed by atoms with Gasteiger partial charge in [-0.25, -0.2) is 9.97 Å². The Balaban J connectivity index is 1.47. The van der Waals surface area contributed by atoms with Gasteiger partial charge in [-0.2, -0.15) is 13.2 Å². The maximum absolute atomic E-state index is 13.2. The first kappa shape index (κ1) is 25.4. The number of benzene rings is 3. The molecule has 0 spiro atoms. The Morgan fingerprint density at radius 2 is 1.38 bits per heavy atom. The average molecular weight is 506 g/mol. The Hall–Kier alpha value is -4.73. The lowest BCUT2D eigenvalue weighted by atomic mass is 10.0. The van der Waals surface area contributed by atoms with E-state index in [4.69, 9.17) is 0 Å². The lowest BCUT2D eigenvalue weighted by Gasteiger charge is -2.15. The summed E-state index contributed by atoms with van der Waals surface area (Å²) >= 11 is 0. The molecule has 3 N–H and O–H groups in total. The molecule has 4 rings (SSSR count). The summed E-state index contributed by atoms with van der Waals surface area (Å²) in [6, 6.07) is 17.4. The average Bonchev–Trinajstić information content (AvgIpc) is 2.86. The molecule has 37 heavy (non-hydrogen) atoms. The molecule has 0 atom stereocenters. The van der Waals surface area contributed by atoms with Crippen molar-refractivity contribution in [3.05, 3.63) is 107 Å². The smallest absolute Gasteiger partial charge is 0.324 e. The van der Waals surface area contributed by atoms with E-state index in [1.807, 2.05) is 30.3 Å². The number of rotatable bonds is 6. The zero-order valence-corrected chi connectivity index (χ0v) is 19.9. The summed E-state index contributed by atoms with van der Waals surface area (Å²) < 4.78 is 39.6. The molecular formula is C27H22F3N5O2. The van der Waals surface area contributed by atoms with Gasteiger partial charge in [-0.15, -0.1) is 0 Å². The first-order valence-electron chi connectivity index (χ1n) is 11.2. The molecule has 0 bridgehead atoms. The van der Waals surface area contributed by atoms with Crippen molar-refractivity contribution < 1.29 is 22.8 Å². The fraction of sp³-hybridized carbons (Fsp3) is 0.111. The topological polar surface area (TPSA) is 96.0 Å². The monoisotopic (exact) mass is 505 g/mol. The van der Waals surface area contributed by atoms with Crippen molar-refractivity contribution in [2.75, 3.05) is 16.0 Å². The number of aromatic nitrogens is 2. The van der Waals surface area contributed by atoms with Crippen LogP contribution in [-0.2, 0) is 6.18 Å². The number of halogens is 3. The van der Waals surface area contributed by atoms with E-state index in [1.165, 1.54) is 37.5 Å². The highest BCUT2D eigenvalue weighted by molar-refractivity contribution is 6.08. The van der Waals surface area contributed by atoms with Crippen molar-refractivity contribution in [3.63, 3.8) is 0 Å². The van der Waals surface area contributed by atoms with Crippen LogP contribution in [0.5, 0.6) is 0 Å². The third kappa shape index (κ3) is 6.10. The fourth-order valence-electron chi connectivity index (χ4n) is 3.64. The molecule has 188 valence electrons. The number of anilines is 4. The van der Waals surface area contributed by atoms with Crippen molar-refractivity contribution >= 4 is 34.8 Å². The van der Waals surface area contributed by atoms with E-state index < -0.39 is 23.6 Å². The van der Waals surface area contributed by atoms with Gasteiger partial charge in [0.15, 0.2) is 0 Å². The summed E-state index contributed by atoms with van der Waals surface area (Å²) in [6.45, 7) is 2.97. The van der Waals surface area contributed by atoms with Crippen LogP contribution in [0.2, 0.25) is 0 Å². The Morgan fingerprint density at radius 1 is 0.730 bits per heavy atom. The summed E-state index contributed by atoms with van der Waals surface area (Å²) in [5.74, 6) is -0.820. The lowest BCUT2D eigenvalue weighted by Crippen LogP contribution is -2.18. The highest BCUT2D eigenvalue weighted by Gasteiger charge is 2.33. The standard InChI is InChI=1S/C27H22F3N5O2/c1-16-11-12-19(33-24(36)21-9-6-10-23(17(21)2)27(28,29)30)13-22(16)25(37)34-20-14-31-26(32-15-20)35-18-7-4-3-5-8-18/h3-15H,1-2H3,(H,33,36)(H,34,37)(H,31,32,35). The predicted molar refractivity (Wildman–Crippen MR) is 135 cm³/mol. The second kappa shape index (κ2) is 10.5. The van der Waals surface area contributed by atoms with Gasteiger partial charge in [0.2, 0.25) is 5.95 Å². The van der Waals surface area contributed by atoms with E-state index in [9.17, 15) is 22.8 Å². The highest BCUT2D eigenvalue weighted by atomic mass is 19.4. The molecule has 0 fully saturated rings. The molecule has 1 aromatic heterocycles. The zero-order chi connectivity index (χ0) is 26.6. The molecule has 0 radical (unpaired) electrons. The van der Waals surface area contributed by atoms with Gasteiger partial charge in [-0.05, 0) is 61.4 Å². The Bertz CT molecular complexity index is 1440. The maximum Gasteiger partial charge on any atom is 0.416 e. The maximum atomic E-state index is 13.2. The van der Waals surface area contributed by atoms with Gasteiger partial charge in [0.05, 0.1) is 23.6 Å². The minimum Gasteiger partial charge on any atom is -0.324 e. The van der Waals surface area contributed by atoms with Gasteiger partial charge in [0.25, 0.3) is 11.8 Å². The Morgan fingerprint density at radius 3 is 2.05 bits per heavy atom. The van der Waals surface area contributed by atoms with E-state index in [0.29, 0.717) is 17.2 Å². The van der Waals surface area contributed by atoms with E-state index in [1.54, 1.807) is 19.1 Å². The number of nitrogens with zero attached hydrogens (tertiary/aromatic N) is 2. The van der Waals surface area contributed by atoms with Gasteiger partial charge < -0.3 is 16.0 Å². The van der Waals surface area contributed by atoms with Crippen LogP contribution in [0.1, 0.15) is 37.4 Å². The van der Waals surface area contributed by atoms with Crippen LogP contribution >= 0.6 is 0 Å². The Kier molecular flexibility index (Phi) is 7.19. The molecule has 2 amide bonds. The van der Waals surface area contributed by atoms with Gasteiger partial charge in [0, 0.05) is 22.5 Å². The zero-order valence-electron chi connectivity index (χ0n) is 19.9. The molecule has 0 aliphatic rings. The van der Waals surface area contributed by atoms with Gasteiger partial charge in [0.1, 0.15) is 0 Å². The largest absolute Gasteiger partial charge is 0.416 e. The molecular weight excluding hydrogens is 483 g/mol. The third-order valence-electron chi connectivity index (χ3n) is 5.56. The molecule has 10 heteroatoms. The van der Waals surface area contributed by atoms with Crippen molar-refractivity contribution in [2.24, 2.45) is 0 Å². The number of nitrogens with one attached hydrogen (secondary N) is 3. The van der Waals surface area contributed by atoms with E-state index in [0.717, 1.165) is 11.8 Å². The summed E-state index contributed by atoms with van der Waals surface area (Å²) in [5.41, 5.74) is 1.17. The summed E-state index contributed by atoms with van der Waals surface area (Å²) in [4.78, 5) is 34.0. The van der Waals surface area contributed by atoms with Crippen LogP contribution in [0.3, 0.4) is 0 Å². The molecule has 7 nitrogen and oxygen atoms in total. The first-order chi connectivity index (χ1) is 17.6. The minimum absolute atomic E-state index is 0.109. The Labute approximate surface area is 210 Å². The van der Waals surface area contributed by atoms with E-state index in [-0.39, 0.29) is 22.4 Å². The molecule has 0 unspecified atom stereocenters. The third-order valence-corrected chi connectivity index (χ3v) is 5.56. The van der Waals surface area contributed by atoms with Crippen molar-refractivity contribution in [2.45, 2.75) is 20.0 Å². The molecule has 3 aromatic carbocycles. The number of hydrogen-bond acceptors (Lipinski definition) is 5. The number of hydrogen-bond donors (Lipinski definition) is 3. The van der Waals surface area contributed by atoms with Crippen LogP contribution in [0, 0.1) is 13.8 Å². The molecule has 0 saturated heterocycles. The second-order valence-electron chi connectivity index (χ2n) is 8.20. The quantitative estimate of drug-likeness (QED) is 0.283. The van der Waals surface area contributed by atoms with Crippen molar-refractivity contribution in [1.29, 1.82) is 0 Å².